The van der Waals surface area contributed by atoms with Gasteiger partial charge >= 0.3 is 5.97 Å². The van der Waals surface area contributed by atoms with Crippen LogP contribution < -0.4 is 0 Å². The van der Waals surface area contributed by atoms with E-state index in [9.17, 15) is 9.90 Å². The second kappa shape index (κ2) is 7.46. The van der Waals surface area contributed by atoms with E-state index in [2.05, 4.69) is 22.0 Å². The molecule has 0 aliphatic carbocycles. The first-order chi connectivity index (χ1) is 13.2. The average molecular weight is 356 g/mol. The molecule has 0 saturated heterocycles. The summed E-state index contributed by atoms with van der Waals surface area (Å²) in [5.41, 5.74) is 3.00. The highest BCUT2D eigenvalue weighted by molar-refractivity contribution is 6.02. The molecule has 0 fully saturated rings. The highest BCUT2D eigenvalue weighted by atomic mass is 16.4. The van der Waals surface area contributed by atoms with Crippen molar-refractivity contribution in [2.75, 3.05) is 0 Å². The second-order valence-corrected chi connectivity index (χ2v) is 6.57. The van der Waals surface area contributed by atoms with Crippen molar-refractivity contribution in [3.8, 4) is 0 Å². The van der Waals surface area contributed by atoms with Gasteiger partial charge in [0.15, 0.2) is 6.04 Å². The molecule has 0 unspecified atom stereocenters. The molecule has 0 saturated carbocycles. The smallest absolute Gasteiger partial charge is 0.331 e. The summed E-state index contributed by atoms with van der Waals surface area (Å²) >= 11 is 0. The molecule has 3 aromatic rings. The van der Waals surface area contributed by atoms with Crippen molar-refractivity contribution in [2.45, 2.75) is 18.6 Å². The molecule has 2 atom stereocenters. The van der Waals surface area contributed by atoms with Gasteiger partial charge in [-0.2, -0.15) is 0 Å². The van der Waals surface area contributed by atoms with Gasteiger partial charge in [0.2, 0.25) is 0 Å². The van der Waals surface area contributed by atoms with E-state index in [4.69, 9.17) is 0 Å². The number of carboxylic acids is 1. The minimum atomic E-state index is -0.909. The third-order valence-corrected chi connectivity index (χ3v) is 4.79. The number of nitrogens with zero attached hydrogens (tertiary/aromatic N) is 2. The molecule has 1 aliphatic rings. The van der Waals surface area contributed by atoms with Crippen LogP contribution in [0.2, 0.25) is 0 Å². The number of amidine groups is 1. The Balaban J connectivity index is 1.81. The topological polar surface area (TPSA) is 52.9 Å². The molecule has 1 N–H and O–H groups in total. The van der Waals surface area contributed by atoms with Gasteiger partial charge in [0.05, 0.1) is 6.04 Å². The van der Waals surface area contributed by atoms with E-state index in [1.165, 1.54) is 0 Å². The summed E-state index contributed by atoms with van der Waals surface area (Å²) in [4.78, 5) is 18.8. The summed E-state index contributed by atoms with van der Waals surface area (Å²) < 4.78 is 0. The van der Waals surface area contributed by atoms with Crippen LogP contribution in [0.5, 0.6) is 0 Å². The molecule has 27 heavy (non-hydrogen) atoms. The summed E-state index contributed by atoms with van der Waals surface area (Å²) in [6, 6.07) is 28.5. The number of hydrogen-bond donors (Lipinski definition) is 1. The van der Waals surface area contributed by atoms with Gasteiger partial charge in [-0.15, -0.1) is 0 Å². The zero-order valence-electron chi connectivity index (χ0n) is 14.8. The fraction of sp³-hybridized carbons (Fsp3) is 0.130. The zero-order valence-corrected chi connectivity index (χ0v) is 14.8. The lowest BCUT2D eigenvalue weighted by atomic mass is 9.98. The molecule has 4 nitrogen and oxygen atoms in total. The van der Waals surface area contributed by atoms with Crippen LogP contribution in [0, 0.1) is 0 Å². The van der Waals surface area contributed by atoms with Crippen LogP contribution in [-0.2, 0) is 11.3 Å². The van der Waals surface area contributed by atoms with Gasteiger partial charge < -0.3 is 10.0 Å². The molecule has 0 spiro atoms. The van der Waals surface area contributed by atoms with E-state index in [1.807, 2.05) is 78.9 Å². The second-order valence-electron chi connectivity index (χ2n) is 6.57. The standard InChI is InChI=1S/C23H20N2O2/c26-23(27)20-21(18-12-6-2-7-13-18)25(16-17-10-4-1-5-11-17)22(24-20)19-14-8-3-9-15-19/h1-15,20-21H,16H2,(H,26,27)/t20-,21-/m0/s1. The van der Waals surface area contributed by atoms with Crippen molar-refractivity contribution in [1.29, 1.82) is 0 Å². The lowest BCUT2D eigenvalue weighted by molar-refractivity contribution is -0.139. The molecule has 0 bridgehead atoms. The van der Waals surface area contributed by atoms with Gasteiger partial charge in [-0.1, -0.05) is 91.0 Å². The van der Waals surface area contributed by atoms with Gasteiger partial charge in [-0.3, -0.25) is 4.99 Å². The predicted octanol–water partition coefficient (Wildman–Crippen LogP) is 4.14. The lowest BCUT2D eigenvalue weighted by Crippen LogP contribution is -2.35. The number of aliphatic imine (C=N–C) groups is 1. The van der Waals surface area contributed by atoms with Gasteiger partial charge in [-0.05, 0) is 11.1 Å². The number of carboxylic acid groups (broad SMARTS) is 1. The summed E-state index contributed by atoms with van der Waals surface area (Å²) in [5, 5.41) is 9.86. The van der Waals surface area contributed by atoms with Crippen LogP contribution in [0.25, 0.3) is 0 Å². The maximum absolute atomic E-state index is 12.0. The highest BCUT2D eigenvalue weighted by Crippen LogP contribution is 2.35. The third-order valence-electron chi connectivity index (χ3n) is 4.79. The molecule has 134 valence electrons. The van der Waals surface area contributed by atoms with E-state index in [-0.39, 0.29) is 6.04 Å². The molecular formula is C23H20N2O2. The Morgan fingerprint density at radius 3 is 2.00 bits per heavy atom. The van der Waals surface area contributed by atoms with Crippen molar-refractivity contribution in [1.82, 2.24) is 4.90 Å². The highest BCUT2D eigenvalue weighted by Gasteiger charge is 2.41. The molecule has 0 amide bonds. The minimum absolute atomic E-state index is 0.348. The molecule has 0 aromatic heterocycles. The molecule has 0 radical (unpaired) electrons. The largest absolute Gasteiger partial charge is 0.480 e. The van der Waals surface area contributed by atoms with E-state index in [0.29, 0.717) is 6.54 Å². The Hall–Kier alpha value is -3.40. The molecule has 1 aliphatic heterocycles. The van der Waals surface area contributed by atoms with Gasteiger partial charge in [-0.25, -0.2) is 4.79 Å². The monoisotopic (exact) mass is 356 g/mol. The minimum Gasteiger partial charge on any atom is -0.480 e. The van der Waals surface area contributed by atoms with Gasteiger partial charge in [0, 0.05) is 12.1 Å². The van der Waals surface area contributed by atoms with Crippen molar-refractivity contribution < 1.29 is 9.90 Å². The van der Waals surface area contributed by atoms with Gasteiger partial charge in [0.1, 0.15) is 5.84 Å². The molecule has 1 heterocycles. The number of rotatable bonds is 5. The first kappa shape index (κ1) is 17.0. The fourth-order valence-corrected chi connectivity index (χ4v) is 3.56. The molecule has 4 heteroatoms. The predicted molar refractivity (Wildman–Crippen MR) is 106 cm³/mol. The first-order valence-electron chi connectivity index (χ1n) is 8.95. The summed E-state index contributed by atoms with van der Waals surface area (Å²) in [6.07, 6.45) is 0. The van der Waals surface area contributed by atoms with E-state index >= 15 is 0 Å². The Bertz CT molecular complexity index is 940. The van der Waals surface area contributed by atoms with E-state index < -0.39 is 12.0 Å². The van der Waals surface area contributed by atoms with Crippen molar-refractivity contribution in [3.05, 3.63) is 108 Å². The van der Waals surface area contributed by atoms with Crippen LogP contribution in [0.4, 0.5) is 0 Å². The molecule has 3 aromatic carbocycles. The number of aliphatic carboxylic acids is 1. The van der Waals surface area contributed by atoms with Crippen molar-refractivity contribution in [2.24, 2.45) is 4.99 Å². The van der Waals surface area contributed by atoms with Crippen LogP contribution in [0.1, 0.15) is 22.7 Å². The van der Waals surface area contributed by atoms with E-state index in [1.54, 1.807) is 0 Å². The van der Waals surface area contributed by atoms with Crippen molar-refractivity contribution >= 4 is 11.8 Å². The first-order valence-corrected chi connectivity index (χ1v) is 8.95. The Morgan fingerprint density at radius 1 is 0.852 bits per heavy atom. The zero-order chi connectivity index (χ0) is 18.6. The molecular weight excluding hydrogens is 336 g/mol. The number of carbonyl (C=O) groups is 1. The van der Waals surface area contributed by atoms with Gasteiger partial charge in [0.25, 0.3) is 0 Å². The Morgan fingerprint density at radius 2 is 1.41 bits per heavy atom. The number of benzene rings is 3. The van der Waals surface area contributed by atoms with Crippen LogP contribution in [-0.4, -0.2) is 27.9 Å². The lowest BCUT2D eigenvalue weighted by Gasteiger charge is -2.30. The average Bonchev–Trinajstić information content (AvgIpc) is 3.09. The summed E-state index contributed by atoms with van der Waals surface area (Å²) in [6.45, 7) is 0.595. The summed E-state index contributed by atoms with van der Waals surface area (Å²) in [5.74, 6) is -0.187. The maximum Gasteiger partial charge on any atom is 0.331 e. The Labute approximate surface area is 158 Å². The Kier molecular flexibility index (Phi) is 4.71. The quantitative estimate of drug-likeness (QED) is 0.747. The number of hydrogen-bond acceptors (Lipinski definition) is 3. The maximum atomic E-state index is 12.0. The van der Waals surface area contributed by atoms with Crippen LogP contribution in [0.15, 0.2) is 96.0 Å². The van der Waals surface area contributed by atoms with Crippen LogP contribution >= 0.6 is 0 Å². The third kappa shape index (κ3) is 3.47. The summed E-state index contributed by atoms with van der Waals surface area (Å²) in [7, 11) is 0. The normalized spacial score (nSPS) is 19.0. The van der Waals surface area contributed by atoms with E-state index in [0.717, 1.165) is 22.5 Å². The fourth-order valence-electron chi connectivity index (χ4n) is 3.56. The van der Waals surface area contributed by atoms with Crippen molar-refractivity contribution in [3.63, 3.8) is 0 Å². The SMILES string of the molecule is O=C(O)[C@H]1N=C(c2ccccc2)N(Cc2ccccc2)[C@H]1c1ccccc1. The van der Waals surface area contributed by atoms with Crippen LogP contribution in [0.3, 0.4) is 0 Å². The molecule has 4 rings (SSSR count).